The predicted octanol–water partition coefficient (Wildman–Crippen LogP) is 1.28. The standard InChI is InChI=1S/C8H7N3O4/c1-4-2-6(11(14)15)5(3-9)7(10-13)8(4)12/h2,10,12-13H,1H3. The normalized spacial score (nSPS) is 9.40. The molecule has 1 aromatic carbocycles. The molecule has 0 aliphatic heterocycles. The minimum atomic E-state index is -0.758. The van der Waals surface area contributed by atoms with Crippen LogP contribution in [0.15, 0.2) is 6.07 Å². The lowest BCUT2D eigenvalue weighted by Gasteiger charge is -2.07. The number of anilines is 1. The first kappa shape index (κ1) is 10.7. The van der Waals surface area contributed by atoms with Gasteiger partial charge in [-0.2, -0.15) is 5.26 Å². The molecule has 0 atom stereocenters. The van der Waals surface area contributed by atoms with Gasteiger partial charge in [-0.05, 0) is 12.5 Å². The zero-order chi connectivity index (χ0) is 11.6. The van der Waals surface area contributed by atoms with Crippen LogP contribution in [0.3, 0.4) is 0 Å². The maximum absolute atomic E-state index is 10.6. The summed E-state index contributed by atoms with van der Waals surface area (Å²) in [7, 11) is 0. The van der Waals surface area contributed by atoms with Crippen molar-refractivity contribution in [2.75, 3.05) is 5.48 Å². The minimum Gasteiger partial charge on any atom is -0.505 e. The van der Waals surface area contributed by atoms with Crippen LogP contribution in [0.2, 0.25) is 0 Å². The Kier molecular flexibility index (Phi) is 2.73. The number of hydrogen-bond donors (Lipinski definition) is 3. The number of nitriles is 1. The summed E-state index contributed by atoms with van der Waals surface area (Å²) in [5.74, 6) is -0.389. The second-order valence-corrected chi connectivity index (χ2v) is 2.79. The second-order valence-electron chi connectivity index (χ2n) is 2.79. The van der Waals surface area contributed by atoms with Crippen LogP contribution < -0.4 is 5.48 Å². The van der Waals surface area contributed by atoms with E-state index in [1.165, 1.54) is 6.92 Å². The molecule has 78 valence electrons. The number of benzene rings is 1. The predicted molar refractivity (Wildman–Crippen MR) is 49.6 cm³/mol. The largest absolute Gasteiger partial charge is 0.505 e. The molecule has 0 aliphatic carbocycles. The van der Waals surface area contributed by atoms with Gasteiger partial charge in [0.1, 0.15) is 17.5 Å². The molecule has 0 saturated heterocycles. The van der Waals surface area contributed by atoms with Crippen molar-refractivity contribution in [2.45, 2.75) is 6.92 Å². The van der Waals surface area contributed by atoms with Crippen LogP contribution in [-0.4, -0.2) is 15.2 Å². The maximum Gasteiger partial charge on any atom is 0.289 e. The topological polar surface area (TPSA) is 119 Å². The highest BCUT2D eigenvalue weighted by Gasteiger charge is 2.22. The minimum absolute atomic E-state index is 0.192. The average Bonchev–Trinajstić information content (AvgIpc) is 2.20. The van der Waals surface area contributed by atoms with Crippen LogP contribution in [-0.2, 0) is 0 Å². The molecule has 0 unspecified atom stereocenters. The Morgan fingerprint density at radius 2 is 2.27 bits per heavy atom. The van der Waals surface area contributed by atoms with Gasteiger partial charge < -0.3 is 5.11 Å². The molecule has 0 amide bonds. The number of nitro benzene ring substituents is 1. The molecule has 0 spiro atoms. The molecule has 0 bridgehead atoms. The lowest BCUT2D eigenvalue weighted by Crippen LogP contribution is -2.00. The van der Waals surface area contributed by atoms with Gasteiger partial charge in [-0.1, -0.05) is 0 Å². The third-order valence-electron chi connectivity index (χ3n) is 1.89. The molecule has 7 heteroatoms. The SMILES string of the molecule is Cc1cc([N+](=O)[O-])c(C#N)c(NO)c1O. The first-order valence-corrected chi connectivity index (χ1v) is 3.84. The fraction of sp³-hybridized carbons (Fsp3) is 0.125. The van der Waals surface area contributed by atoms with Gasteiger partial charge in [0.15, 0.2) is 5.56 Å². The summed E-state index contributed by atoms with van der Waals surface area (Å²) < 4.78 is 0. The van der Waals surface area contributed by atoms with E-state index in [1.807, 2.05) is 0 Å². The van der Waals surface area contributed by atoms with Gasteiger partial charge in [0.25, 0.3) is 5.69 Å². The summed E-state index contributed by atoms with van der Waals surface area (Å²) in [6.07, 6.45) is 0. The number of hydrogen-bond acceptors (Lipinski definition) is 6. The van der Waals surface area contributed by atoms with E-state index in [-0.39, 0.29) is 17.0 Å². The molecule has 7 nitrogen and oxygen atoms in total. The van der Waals surface area contributed by atoms with E-state index in [1.54, 1.807) is 11.5 Å². The van der Waals surface area contributed by atoms with Crippen molar-refractivity contribution in [1.29, 1.82) is 5.26 Å². The first-order chi connectivity index (χ1) is 7.02. The molecule has 1 rings (SSSR count). The highest BCUT2D eigenvalue weighted by atomic mass is 16.6. The van der Waals surface area contributed by atoms with Crippen LogP contribution in [0, 0.1) is 28.4 Å². The summed E-state index contributed by atoms with van der Waals surface area (Å²) in [6.45, 7) is 1.42. The third-order valence-corrected chi connectivity index (χ3v) is 1.89. The summed E-state index contributed by atoms with van der Waals surface area (Å²) in [5.41, 5.74) is 0.529. The molecule has 0 fully saturated rings. The Labute approximate surface area is 84.3 Å². The fourth-order valence-electron chi connectivity index (χ4n) is 1.16. The number of aromatic hydroxyl groups is 1. The van der Waals surface area contributed by atoms with Crippen molar-refractivity contribution < 1.29 is 15.2 Å². The Morgan fingerprint density at radius 3 is 2.67 bits per heavy atom. The highest BCUT2D eigenvalue weighted by Crippen LogP contribution is 2.36. The van der Waals surface area contributed by atoms with Crippen molar-refractivity contribution >= 4 is 11.4 Å². The van der Waals surface area contributed by atoms with E-state index in [0.29, 0.717) is 0 Å². The van der Waals surface area contributed by atoms with Gasteiger partial charge >= 0.3 is 0 Å². The molecular weight excluding hydrogens is 202 g/mol. The molecule has 1 aromatic rings. The van der Waals surface area contributed by atoms with E-state index < -0.39 is 16.2 Å². The number of rotatable bonds is 2. The average molecular weight is 209 g/mol. The van der Waals surface area contributed by atoms with E-state index >= 15 is 0 Å². The number of phenols is 1. The zero-order valence-electron chi connectivity index (χ0n) is 7.68. The number of nitrogens with zero attached hydrogens (tertiary/aromatic N) is 2. The van der Waals surface area contributed by atoms with Gasteiger partial charge in [-0.3, -0.25) is 20.8 Å². The van der Waals surface area contributed by atoms with Crippen molar-refractivity contribution in [3.8, 4) is 11.8 Å². The lowest BCUT2D eigenvalue weighted by molar-refractivity contribution is -0.385. The number of phenolic OH excluding ortho intramolecular Hbond substituents is 1. The van der Waals surface area contributed by atoms with Crippen LogP contribution in [0.4, 0.5) is 11.4 Å². The van der Waals surface area contributed by atoms with Crippen LogP contribution in [0.1, 0.15) is 11.1 Å². The Hall–Kier alpha value is -2.33. The van der Waals surface area contributed by atoms with Crippen molar-refractivity contribution in [3.05, 3.63) is 27.3 Å². The van der Waals surface area contributed by atoms with Gasteiger partial charge in [0.2, 0.25) is 0 Å². The zero-order valence-corrected chi connectivity index (χ0v) is 7.68. The molecule has 0 aromatic heterocycles. The first-order valence-electron chi connectivity index (χ1n) is 3.84. The van der Waals surface area contributed by atoms with E-state index in [2.05, 4.69) is 0 Å². The smallest absolute Gasteiger partial charge is 0.289 e. The monoisotopic (exact) mass is 209 g/mol. The van der Waals surface area contributed by atoms with E-state index in [9.17, 15) is 15.2 Å². The van der Waals surface area contributed by atoms with E-state index in [4.69, 9.17) is 10.5 Å². The van der Waals surface area contributed by atoms with Crippen molar-refractivity contribution in [2.24, 2.45) is 0 Å². The molecular formula is C8H7N3O4. The van der Waals surface area contributed by atoms with Crippen molar-refractivity contribution in [1.82, 2.24) is 0 Å². The lowest BCUT2D eigenvalue weighted by atomic mass is 10.1. The van der Waals surface area contributed by atoms with Gasteiger partial charge in [-0.15, -0.1) is 0 Å². The summed E-state index contributed by atoms with van der Waals surface area (Å²) >= 11 is 0. The third kappa shape index (κ3) is 1.66. The quantitative estimate of drug-likeness (QED) is 0.383. The highest BCUT2D eigenvalue weighted by molar-refractivity contribution is 5.74. The molecule has 3 N–H and O–H groups in total. The summed E-state index contributed by atoms with van der Waals surface area (Å²) in [5, 5.41) is 37.4. The summed E-state index contributed by atoms with van der Waals surface area (Å²) in [4.78, 5) is 9.82. The molecule has 0 aliphatic rings. The Bertz CT molecular complexity index is 464. The van der Waals surface area contributed by atoms with Gasteiger partial charge in [0, 0.05) is 6.07 Å². The van der Waals surface area contributed by atoms with Crippen molar-refractivity contribution in [3.63, 3.8) is 0 Å². The van der Waals surface area contributed by atoms with E-state index in [0.717, 1.165) is 6.07 Å². The number of nitro groups is 1. The number of nitrogens with one attached hydrogen (secondary N) is 1. The van der Waals surface area contributed by atoms with Crippen LogP contribution in [0.25, 0.3) is 0 Å². The molecule has 0 heterocycles. The Balaban J connectivity index is 3.64. The fourth-order valence-corrected chi connectivity index (χ4v) is 1.16. The second kappa shape index (κ2) is 3.81. The number of aryl methyl sites for hydroxylation is 1. The molecule has 15 heavy (non-hydrogen) atoms. The van der Waals surface area contributed by atoms with Gasteiger partial charge in [-0.25, -0.2) is 0 Å². The Morgan fingerprint density at radius 1 is 1.67 bits per heavy atom. The molecule has 0 saturated carbocycles. The maximum atomic E-state index is 10.6. The molecule has 0 radical (unpaired) electrons. The summed E-state index contributed by atoms with van der Waals surface area (Å²) in [6, 6.07) is 2.60. The van der Waals surface area contributed by atoms with Crippen LogP contribution >= 0.6 is 0 Å². The van der Waals surface area contributed by atoms with Crippen LogP contribution in [0.5, 0.6) is 5.75 Å². The van der Waals surface area contributed by atoms with Gasteiger partial charge in [0.05, 0.1) is 4.92 Å².